The van der Waals surface area contributed by atoms with E-state index >= 15 is 0 Å². The van der Waals surface area contributed by atoms with E-state index in [0.29, 0.717) is 19.2 Å². The molecule has 0 heterocycles. The van der Waals surface area contributed by atoms with Gasteiger partial charge in [0.2, 0.25) is 0 Å². The number of aliphatic hydroxyl groups excluding tert-OH is 1. The third kappa shape index (κ3) is 7.30. The Morgan fingerprint density at radius 3 is 2.92 bits per heavy atom. The minimum Gasteiger partial charge on any atom is -0.394 e. The Balaban J connectivity index is 3.00. The van der Waals surface area contributed by atoms with Crippen molar-refractivity contribution in [2.24, 2.45) is 10.7 Å². The standard InChI is InChI=1S/C7H17N3O2/c1-9-7(8)10-3-2-5-12-6-4-11/h11H,2-6H2,1H3,(H3,8,9,10). The highest BCUT2D eigenvalue weighted by Crippen LogP contribution is 1.79. The fourth-order valence-corrected chi connectivity index (χ4v) is 0.636. The van der Waals surface area contributed by atoms with E-state index in [1.54, 1.807) is 7.05 Å². The summed E-state index contributed by atoms with van der Waals surface area (Å²) in [5.41, 5.74) is 5.37. The van der Waals surface area contributed by atoms with Crippen LogP contribution >= 0.6 is 0 Å². The van der Waals surface area contributed by atoms with Crippen LogP contribution in [0.2, 0.25) is 0 Å². The van der Waals surface area contributed by atoms with Gasteiger partial charge >= 0.3 is 0 Å². The minimum absolute atomic E-state index is 0.0754. The Hall–Kier alpha value is -0.810. The Kier molecular flexibility index (Phi) is 7.73. The highest BCUT2D eigenvalue weighted by atomic mass is 16.5. The molecule has 0 amide bonds. The first kappa shape index (κ1) is 11.2. The van der Waals surface area contributed by atoms with Gasteiger partial charge in [0, 0.05) is 20.2 Å². The lowest BCUT2D eigenvalue weighted by Crippen LogP contribution is -2.32. The first-order valence-corrected chi connectivity index (χ1v) is 3.96. The van der Waals surface area contributed by atoms with Gasteiger partial charge in [-0.05, 0) is 6.42 Å². The first-order chi connectivity index (χ1) is 5.81. The lowest BCUT2D eigenvalue weighted by molar-refractivity contribution is 0.0912. The van der Waals surface area contributed by atoms with Crippen molar-refractivity contribution in [2.45, 2.75) is 6.42 Å². The van der Waals surface area contributed by atoms with Crippen molar-refractivity contribution in [3.05, 3.63) is 0 Å². The number of nitrogens with two attached hydrogens (primary N) is 1. The summed E-state index contributed by atoms with van der Waals surface area (Å²) in [7, 11) is 1.63. The van der Waals surface area contributed by atoms with Crippen LogP contribution in [-0.4, -0.2) is 44.5 Å². The van der Waals surface area contributed by atoms with Gasteiger partial charge in [-0.1, -0.05) is 0 Å². The summed E-state index contributed by atoms with van der Waals surface area (Å²) >= 11 is 0. The van der Waals surface area contributed by atoms with Crippen LogP contribution in [0.3, 0.4) is 0 Å². The van der Waals surface area contributed by atoms with Crippen molar-refractivity contribution in [3.8, 4) is 0 Å². The van der Waals surface area contributed by atoms with Gasteiger partial charge < -0.3 is 20.9 Å². The van der Waals surface area contributed by atoms with E-state index in [2.05, 4.69) is 10.3 Å². The summed E-state index contributed by atoms with van der Waals surface area (Å²) in [5.74, 6) is 0.442. The van der Waals surface area contributed by atoms with Gasteiger partial charge in [-0.2, -0.15) is 0 Å². The molecule has 0 aromatic heterocycles. The number of rotatable bonds is 6. The number of aliphatic imine (C=N–C) groups is 1. The molecule has 0 aliphatic rings. The second-order valence-electron chi connectivity index (χ2n) is 2.23. The number of guanidine groups is 1. The SMILES string of the molecule is CN=C(N)NCCCOCCO. The first-order valence-electron chi connectivity index (χ1n) is 3.96. The molecule has 0 radical (unpaired) electrons. The van der Waals surface area contributed by atoms with Crippen molar-refractivity contribution in [1.82, 2.24) is 5.32 Å². The molecule has 0 spiro atoms. The Morgan fingerprint density at radius 1 is 1.58 bits per heavy atom. The Morgan fingerprint density at radius 2 is 2.33 bits per heavy atom. The van der Waals surface area contributed by atoms with E-state index in [0.717, 1.165) is 13.0 Å². The molecule has 0 aromatic carbocycles. The monoisotopic (exact) mass is 175 g/mol. The fraction of sp³-hybridized carbons (Fsp3) is 0.857. The maximum atomic E-state index is 8.37. The van der Waals surface area contributed by atoms with Crippen molar-refractivity contribution < 1.29 is 9.84 Å². The molecule has 0 saturated carbocycles. The number of aliphatic hydroxyl groups is 1. The molecule has 5 nitrogen and oxygen atoms in total. The molecular weight excluding hydrogens is 158 g/mol. The quantitative estimate of drug-likeness (QED) is 0.272. The van der Waals surface area contributed by atoms with Crippen LogP contribution in [0, 0.1) is 0 Å². The molecule has 0 bridgehead atoms. The van der Waals surface area contributed by atoms with E-state index in [9.17, 15) is 0 Å². The van der Waals surface area contributed by atoms with Crippen LogP contribution in [0.5, 0.6) is 0 Å². The van der Waals surface area contributed by atoms with Gasteiger partial charge in [0.1, 0.15) is 0 Å². The third-order valence-corrected chi connectivity index (χ3v) is 1.25. The second kappa shape index (κ2) is 8.29. The number of hydrogen-bond acceptors (Lipinski definition) is 3. The number of hydrogen-bond donors (Lipinski definition) is 3. The van der Waals surface area contributed by atoms with Crippen molar-refractivity contribution in [3.63, 3.8) is 0 Å². The van der Waals surface area contributed by atoms with E-state index in [4.69, 9.17) is 15.6 Å². The van der Waals surface area contributed by atoms with E-state index in [-0.39, 0.29) is 6.61 Å². The van der Waals surface area contributed by atoms with Crippen LogP contribution in [0.1, 0.15) is 6.42 Å². The van der Waals surface area contributed by atoms with E-state index in [1.165, 1.54) is 0 Å². The van der Waals surface area contributed by atoms with Gasteiger partial charge in [0.15, 0.2) is 5.96 Å². The van der Waals surface area contributed by atoms with Crippen LogP contribution in [0.15, 0.2) is 4.99 Å². The summed E-state index contributed by atoms with van der Waals surface area (Å²) < 4.78 is 5.03. The second-order valence-corrected chi connectivity index (χ2v) is 2.23. The van der Waals surface area contributed by atoms with Gasteiger partial charge in [-0.15, -0.1) is 0 Å². The molecule has 0 aliphatic heterocycles. The zero-order chi connectivity index (χ0) is 9.23. The summed E-state index contributed by atoms with van der Waals surface area (Å²) in [5, 5.41) is 11.3. The van der Waals surface area contributed by atoms with Crippen molar-refractivity contribution in [1.29, 1.82) is 0 Å². The topological polar surface area (TPSA) is 79.9 Å². The molecule has 12 heavy (non-hydrogen) atoms. The lowest BCUT2D eigenvalue weighted by Gasteiger charge is -2.04. The largest absolute Gasteiger partial charge is 0.394 e. The molecule has 0 rings (SSSR count). The van der Waals surface area contributed by atoms with Crippen molar-refractivity contribution >= 4 is 5.96 Å². The molecule has 0 aromatic rings. The maximum Gasteiger partial charge on any atom is 0.188 e. The fourth-order valence-electron chi connectivity index (χ4n) is 0.636. The van der Waals surface area contributed by atoms with Crippen LogP contribution in [0.25, 0.3) is 0 Å². The smallest absolute Gasteiger partial charge is 0.188 e. The summed E-state index contributed by atoms with van der Waals surface area (Å²) in [6, 6.07) is 0. The number of nitrogens with one attached hydrogen (secondary N) is 1. The molecule has 72 valence electrons. The predicted molar refractivity (Wildman–Crippen MR) is 48.1 cm³/mol. The minimum atomic E-state index is 0.0754. The van der Waals surface area contributed by atoms with E-state index < -0.39 is 0 Å². The van der Waals surface area contributed by atoms with Gasteiger partial charge in [-0.3, -0.25) is 4.99 Å². The van der Waals surface area contributed by atoms with Crippen LogP contribution in [-0.2, 0) is 4.74 Å². The molecule has 0 unspecified atom stereocenters. The van der Waals surface area contributed by atoms with Gasteiger partial charge in [-0.25, -0.2) is 0 Å². The number of ether oxygens (including phenoxy) is 1. The average molecular weight is 175 g/mol. The predicted octanol–water partition coefficient (Wildman–Crippen LogP) is -1.08. The maximum absolute atomic E-state index is 8.37. The highest BCUT2D eigenvalue weighted by molar-refractivity contribution is 5.77. The summed E-state index contributed by atoms with van der Waals surface area (Å²) in [6.07, 6.45) is 0.857. The third-order valence-electron chi connectivity index (χ3n) is 1.25. The normalized spacial score (nSPS) is 11.7. The zero-order valence-electron chi connectivity index (χ0n) is 7.42. The van der Waals surface area contributed by atoms with Crippen LogP contribution < -0.4 is 11.1 Å². The van der Waals surface area contributed by atoms with Gasteiger partial charge in [0.05, 0.1) is 13.2 Å². The highest BCUT2D eigenvalue weighted by Gasteiger charge is 1.89. The average Bonchev–Trinajstić information content (AvgIpc) is 2.10. The zero-order valence-corrected chi connectivity index (χ0v) is 7.42. The molecular formula is C7H17N3O2. The Labute approximate surface area is 72.6 Å². The molecule has 0 saturated heterocycles. The summed E-state index contributed by atoms with van der Waals surface area (Å²) in [4.78, 5) is 3.72. The van der Waals surface area contributed by atoms with Crippen LogP contribution in [0.4, 0.5) is 0 Å². The number of nitrogens with zero attached hydrogens (tertiary/aromatic N) is 1. The molecule has 5 heteroatoms. The van der Waals surface area contributed by atoms with Gasteiger partial charge in [0.25, 0.3) is 0 Å². The Bertz CT molecular complexity index is 128. The molecule has 4 N–H and O–H groups in total. The lowest BCUT2D eigenvalue weighted by atomic mass is 10.4. The molecule has 0 fully saturated rings. The summed E-state index contributed by atoms with van der Waals surface area (Å²) in [6.45, 7) is 1.85. The molecule has 0 atom stereocenters. The van der Waals surface area contributed by atoms with Crippen molar-refractivity contribution in [2.75, 3.05) is 33.4 Å². The molecule has 0 aliphatic carbocycles. The van der Waals surface area contributed by atoms with E-state index in [1.807, 2.05) is 0 Å².